The smallest absolute Gasteiger partial charge is 0.489 e. The molecule has 0 aliphatic carbocycles. The van der Waals surface area contributed by atoms with Gasteiger partial charge in [0.25, 0.3) is 0 Å². The highest BCUT2D eigenvalue weighted by molar-refractivity contribution is 6.58. The number of halogens is 1. The summed E-state index contributed by atoms with van der Waals surface area (Å²) in [6.07, 6.45) is 0.983. The molecule has 2 aromatic carbocycles. The van der Waals surface area contributed by atoms with E-state index in [1.807, 2.05) is 24.3 Å². The summed E-state index contributed by atoms with van der Waals surface area (Å²) in [6.45, 7) is 2.43. The minimum absolute atomic E-state index is 0.162. The molecule has 0 aromatic heterocycles. The average Bonchev–Trinajstić information content (AvgIpc) is 2.45. The summed E-state index contributed by atoms with van der Waals surface area (Å²) in [4.78, 5) is 0. The Morgan fingerprint density at radius 2 is 1.70 bits per heavy atom. The molecular weight excluding hydrogens is 258 g/mol. The van der Waals surface area contributed by atoms with Crippen molar-refractivity contribution >= 4 is 12.6 Å². The van der Waals surface area contributed by atoms with Crippen molar-refractivity contribution in [3.05, 3.63) is 59.4 Å². The summed E-state index contributed by atoms with van der Waals surface area (Å²) in [5.74, 6) is -0.342. The molecule has 0 aliphatic rings. The molecule has 0 unspecified atom stereocenters. The number of ether oxygens (including phenoxy) is 1. The Hall–Kier alpha value is -1.85. The van der Waals surface area contributed by atoms with Crippen molar-refractivity contribution in [2.24, 2.45) is 0 Å². The fourth-order valence-corrected chi connectivity index (χ4v) is 1.84. The molecule has 0 fully saturated rings. The first kappa shape index (κ1) is 14.6. The molecule has 0 amide bonds. The molecule has 0 spiro atoms. The zero-order valence-corrected chi connectivity index (χ0v) is 11.2. The van der Waals surface area contributed by atoms with Crippen molar-refractivity contribution in [3.8, 4) is 5.75 Å². The van der Waals surface area contributed by atoms with Crippen LogP contribution in [-0.2, 0) is 13.0 Å². The van der Waals surface area contributed by atoms with Gasteiger partial charge >= 0.3 is 7.12 Å². The lowest BCUT2D eigenvalue weighted by Gasteiger charge is -2.08. The van der Waals surface area contributed by atoms with Gasteiger partial charge in [-0.15, -0.1) is 0 Å². The molecule has 2 rings (SSSR count). The van der Waals surface area contributed by atoms with Crippen LogP contribution in [0.1, 0.15) is 18.1 Å². The fourth-order valence-electron chi connectivity index (χ4n) is 1.84. The van der Waals surface area contributed by atoms with Crippen LogP contribution in [0.2, 0.25) is 0 Å². The highest BCUT2D eigenvalue weighted by Gasteiger charge is 2.16. The van der Waals surface area contributed by atoms with E-state index in [2.05, 4.69) is 6.92 Å². The Labute approximate surface area is 117 Å². The Morgan fingerprint density at radius 3 is 2.25 bits per heavy atom. The molecule has 0 bridgehead atoms. The minimum Gasteiger partial charge on any atom is -0.489 e. The summed E-state index contributed by atoms with van der Waals surface area (Å²) in [6, 6.07) is 12.0. The maximum atomic E-state index is 13.5. The monoisotopic (exact) mass is 274 g/mol. The van der Waals surface area contributed by atoms with Crippen molar-refractivity contribution in [2.75, 3.05) is 0 Å². The van der Waals surface area contributed by atoms with Gasteiger partial charge in [-0.1, -0.05) is 37.3 Å². The van der Waals surface area contributed by atoms with Crippen molar-refractivity contribution in [1.82, 2.24) is 0 Å². The maximum absolute atomic E-state index is 13.5. The minimum atomic E-state index is -1.81. The molecule has 20 heavy (non-hydrogen) atoms. The number of hydrogen-bond acceptors (Lipinski definition) is 3. The van der Waals surface area contributed by atoms with Gasteiger partial charge in [0.2, 0.25) is 0 Å². The molecular formula is C15H16BFO3. The topological polar surface area (TPSA) is 49.7 Å². The van der Waals surface area contributed by atoms with E-state index in [0.29, 0.717) is 12.4 Å². The zero-order chi connectivity index (χ0) is 14.5. The lowest BCUT2D eigenvalue weighted by atomic mass is 9.80. The molecule has 5 heteroatoms. The molecule has 0 heterocycles. The normalized spacial score (nSPS) is 10.4. The van der Waals surface area contributed by atoms with E-state index in [9.17, 15) is 4.39 Å². The van der Waals surface area contributed by atoms with Crippen LogP contribution in [0.25, 0.3) is 0 Å². The second-order valence-electron chi connectivity index (χ2n) is 4.52. The Bertz CT molecular complexity index is 570. The highest BCUT2D eigenvalue weighted by atomic mass is 19.1. The largest absolute Gasteiger partial charge is 0.491 e. The second kappa shape index (κ2) is 6.54. The SMILES string of the molecule is CCc1ccc(COc2ccc(B(O)O)c(F)c2)cc1. The van der Waals surface area contributed by atoms with E-state index in [-0.39, 0.29) is 5.46 Å². The molecule has 0 radical (unpaired) electrons. The third-order valence-corrected chi connectivity index (χ3v) is 3.09. The number of aryl methyl sites for hydroxylation is 1. The fraction of sp³-hybridized carbons (Fsp3) is 0.200. The number of benzene rings is 2. The molecule has 0 saturated carbocycles. The predicted molar refractivity (Wildman–Crippen MR) is 76.4 cm³/mol. The van der Waals surface area contributed by atoms with Gasteiger partial charge in [-0.25, -0.2) is 4.39 Å². The van der Waals surface area contributed by atoms with Crippen LogP contribution in [0.5, 0.6) is 5.75 Å². The summed E-state index contributed by atoms with van der Waals surface area (Å²) in [5, 5.41) is 17.9. The molecule has 0 saturated heterocycles. The Morgan fingerprint density at radius 1 is 1.05 bits per heavy atom. The third-order valence-electron chi connectivity index (χ3n) is 3.09. The van der Waals surface area contributed by atoms with E-state index in [1.165, 1.54) is 17.7 Å². The lowest BCUT2D eigenvalue weighted by Crippen LogP contribution is -2.32. The van der Waals surface area contributed by atoms with Crippen molar-refractivity contribution in [1.29, 1.82) is 0 Å². The number of hydrogen-bond donors (Lipinski definition) is 2. The van der Waals surface area contributed by atoms with Crippen LogP contribution in [0, 0.1) is 5.82 Å². The third kappa shape index (κ3) is 3.59. The molecule has 0 atom stereocenters. The van der Waals surface area contributed by atoms with Crippen LogP contribution in [-0.4, -0.2) is 17.2 Å². The van der Waals surface area contributed by atoms with E-state index in [4.69, 9.17) is 14.8 Å². The molecule has 0 aliphatic heterocycles. The molecule has 3 nitrogen and oxygen atoms in total. The summed E-state index contributed by atoms with van der Waals surface area (Å²) in [5.41, 5.74) is 2.08. The van der Waals surface area contributed by atoms with Crippen molar-refractivity contribution in [3.63, 3.8) is 0 Å². The zero-order valence-electron chi connectivity index (χ0n) is 11.2. The Kier molecular flexibility index (Phi) is 4.77. The second-order valence-corrected chi connectivity index (χ2v) is 4.52. The predicted octanol–water partition coefficient (Wildman–Crippen LogP) is 1.65. The van der Waals surface area contributed by atoms with E-state index in [1.54, 1.807) is 0 Å². The van der Waals surface area contributed by atoms with E-state index in [0.717, 1.165) is 18.1 Å². The van der Waals surface area contributed by atoms with Crippen molar-refractivity contribution < 1.29 is 19.2 Å². The van der Waals surface area contributed by atoms with Crippen LogP contribution in [0.15, 0.2) is 42.5 Å². The maximum Gasteiger partial charge on any atom is 0.491 e. The van der Waals surface area contributed by atoms with Crippen LogP contribution in [0.3, 0.4) is 0 Å². The van der Waals surface area contributed by atoms with Gasteiger partial charge in [0, 0.05) is 11.5 Å². The van der Waals surface area contributed by atoms with Gasteiger partial charge in [0.05, 0.1) is 0 Å². The van der Waals surface area contributed by atoms with Crippen LogP contribution in [0.4, 0.5) is 4.39 Å². The van der Waals surface area contributed by atoms with Gasteiger partial charge in [0.1, 0.15) is 18.2 Å². The highest BCUT2D eigenvalue weighted by Crippen LogP contribution is 2.14. The van der Waals surface area contributed by atoms with Crippen LogP contribution < -0.4 is 10.2 Å². The summed E-state index contributed by atoms with van der Waals surface area (Å²) in [7, 11) is -1.81. The molecule has 2 aromatic rings. The average molecular weight is 274 g/mol. The van der Waals surface area contributed by atoms with Gasteiger partial charge in [-0.2, -0.15) is 0 Å². The first-order valence-corrected chi connectivity index (χ1v) is 6.46. The van der Waals surface area contributed by atoms with Gasteiger partial charge < -0.3 is 14.8 Å². The summed E-state index contributed by atoms with van der Waals surface area (Å²) >= 11 is 0. The standard InChI is InChI=1S/C15H16BFO3/c1-2-11-3-5-12(6-4-11)10-20-13-7-8-14(16(18)19)15(17)9-13/h3-9,18-19H,2,10H2,1H3. The van der Waals surface area contributed by atoms with Gasteiger partial charge in [-0.3, -0.25) is 0 Å². The first-order chi connectivity index (χ1) is 9.60. The first-order valence-electron chi connectivity index (χ1n) is 6.46. The lowest BCUT2D eigenvalue weighted by molar-refractivity contribution is 0.304. The quantitative estimate of drug-likeness (QED) is 0.815. The van der Waals surface area contributed by atoms with Crippen LogP contribution >= 0.6 is 0 Å². The van der Waals surface area contributed by atoms with E-state index < -0.39 is 12.9 Å². The molecule has 2 N–H and O–H groups in total. The number of rotatable bonds is 5. The van der Waals surface area contributed by atoms with Crippen molar-refractivity contribution in [2.45, 2.75) is 20.0 Å². The molecule has 104 valence electrons. The van der Waals surface area contributed by atoms with Gasteiger partial charge in [0.15, 0.2) is 0 Å². The summed E-state index contributed by atoms with van der Waals surface area (Å²) < 4.78 is 19.0. The van der Waals surface area contributed by atoms with Gasteiger partial charge in [-0.05, 0) is 23.6 Å². The Balaban J connectivity index is 2.01. The van der Waals surface area contributed by atoms with E-state index >= 15 is 0 Å².